The van der Waals surface area contributed by atoms with Gasteiger partial charge in [-0.1, -0.05) is 12.1 Å². The molecule has 0 aliphatic heterocycles. The van der Waals surface area contributed by atoms with Crippen molar-refractivity contribution in [3.8, 4) is 11.5 Å². The van der Waals surface area contributed by atoms with Gasteiger partial charge in [0.25, 0.3) is 11.6 Å². The number of non-ortho nitro benzene ring substituents is 1. The summed E-state index contributed by atoms with van der Waals surface area (Å²) >= 11 is 0. The fourth-order valence-electron chi connectivity index (χ4n) is 2.80. The molecule has 0 saturated carbocycles. The number of nitro benzene ring substituents is 1. The van der Waals surface area contributed by atoms with Gasteiger partial charge in [0, 0.05) is 17.8 Å². The predicted octanol–water partition coefficient (Wildman–Crippen LogP) is 2.71. The standard InChI is InChI=1S/C24H21N5O7/c1-35-21-5-3-2-4-20(21)27-22(30)15-36-19-12-6-16(7-13-19)14-25-28-24(32)23(31)26-17-8-10-18(11-9-17)29(33)34/h2-14H,15H2,1H3,(H,26,31)(H,27,30)(H,28,32)/b25-14-. The molecule has 0 radical (unpaired) electrons. The van der Waals surface area contributed by atoms with Crippen molar-refractivity contribution in [2.75, 3.05) is 24.4 Å². The third-order valence-electron chi connectivity index (χ3n) is 4.55. The summed E-state index contributed by atoms with van der Waals surface area (Å²) in [6, 6.07) is 18.5. The molecule has 0 aliphatic carbocycles. The van der Waals surface area contributed by atoms with Crippen LogP contribution in [0.2, 0.25) is 0 Å². The second-order valence-electron chi connectivity index (χ2n) is 7.06. The number of hydrogen-bond donors (Lipinski definition) is 3. The summed E-state index contributed by atoms with van der Waals surface area (Å²) in [5.41, 5.74) is 3.28. The molecular formula is C24H21N5O7. The highest BCUT2D eigenvalue weighted by molar-refractivity contribution is 6.39. The molecule has 12 heteroatoms. The van der Waals surface area contributed by atoms with E-state index in [1.165, 1.54) is 37.6 Å². The lowest BCUT2D eigenvalue weighted by molar-refractivity contribution is -0.384. The van der Waals surface area contributed by atoms with E-state index in [1.807, 2.05) is 0 Å². The van der Waals surface area contributed by atoms with Crippen molar-refractivity contribution in [2.24, 2.45) is 5.10 Å². The van der Waals surface area contributed by atoms with Crippen molar-refractivity contribution in [1.29, 1.82) is 0 Å². The van der Waals surface area contributed by atoms with E-state index in [0.717, 1.165) is 0 Å². The number of nitrogens with one attached hydrogen (secondary N) is 3. The molecule has 0 saturated heterocycles. The summed E-state index contributed by atoms with van der Waals surface area (Å²) in [6.07, 6.45) is 1.31. The van der Waals surface area contributed by atoms with Crippen LogP contribution in [0.3, 0.4) is 0 Å². The zero-order valence-corrected chi connectivity index (χ0v) is 19.0. The Balaban J connectivity index is 1.43. The van der Waals surface area contributed by atoms with Gasteiger partial charge in [0.15, 0.2) is 6.61 Å². The molecule has 36 heavy (non-hydrogen) atoms. The number of nitrogens with zero attached hydrogens (tertiary/aromatic N) is 2. The van der Waals surface area contributed by atoms with Crippen LogP contribution in [0.25, 0.3) is 0 Å². The Morgan fingerprint density at radius 2 is 1.64 bits per heavy atom. The van der Waals surface area contributed by atoms with Crippen LogP contribution in [0.4, 0.5) is 17.1 Å². The Labute approximate surface area is 205 Å². The normalized spacial score (nSPS) is 10.4. The lowest BCUT2D eigenvalue weighted by Crippen LogP contribution is -2.32. The van der Waals surface area contributed by atoms with Gasteiger partial charge in [-0.3, -0.25) is 24.5 Å². The number of methoxy groups -OCH3 is 1. The molecule has 3 N–H and O–H groups in total. The first-order valence-electron chi connectivity index (χ1n) is 10.4. The summed E-state index contributed by atoms with van der Waals surface area (Å²) in [5, 5.41) is 19.4. The highest BCUT2D eigenvalue weighted by Crippen LogP contribution is 2.23. The Morgan fingerprint density at radius 3 is 2.31 bits per heavy atom. The van der Waals surface area contributed by atoms with Gasteiger partial charge < -0.3 is 20.1 Å². The molecule has 0 spiro atoms. The molecule has 0 bridgehead atoms. The fraction of sp³-hybridized carbons (Fsp3) is 0.0833. The van der Waals surface area contributed by atoms with E-state index in [9.17, 15) is 24.5 Å². The van der Waals surface area contributed by atoms with Crippen molar-refractivity contribution in [3.63, 3.8) is 0 Å². The van der Waals surface area contributed by atoms with Gasteiger partial charge in [0.05, 0.1) is 23.9 Å². The molecule has 3 aromatic carbocycles. The smallest absolute Gasteiger partial charge is 0.329 e. The van der Waals surface area contributed by atoms with E-state index in [2.05, 4.69) is 21.2 Å². The van der Waals surface area contributed by atoms with Crippen molar-refractivity contribution in [2.45, 2.75) is 0 Å². The fourth-order valence-corrected chi connectivity index (χ4v) is 2.80. The average Bonchev–Trinajstić information content (AvgIpc) is 2.88. The van der Waals surface area contributed by atoms with E-state index in [0.29, 0.717) is 22.7 Å². The Bertz CT molecular complexity index is 1270. The average molecular weight is 491 g/mol. The maximum Gasteiger partial charge on any atom is 0.329 e. The van der Waals surface area contributed by atoms with Crippen LogP contribution in [-0.4, -0.2) is 42.6 Å². The Morgan fingerprint density at radius 1 is 0.944 bits per heavy atom. The number of carbonyl (C=O) groups excluding carboxylic acids is 3. The number of carbonyl (C=O) groups is 3. The third-order valence-corrected chi connectivity index (χ3v) is 4.55. The minimum Gasteiger partial charge on any atom is -0.495 e. The van der Waals surface area contributed by atoms with E-state index >= 15 is 0 Å². The highest BCUT2D eigenvalue weighted by Gasteiger charge is 2.14. The largest absolute Gasteiger partial charge is 0.495 e. The molecule has 3 aromatic rings. The molecule has 184 valence electrons. The van der Waals surface area contributed by atoms with Gasteiger partial charge in [-0.2, -0.15) is 5.10 Å². The third kappa shape index (κ3) is 7.38. The van der Waals surface area contributed by atoms with Gasteiger partial charge in [0.1, 0.15) is 11.5 Å². The molecule has 0 unspecified atom stereocenters. The zero-order chi connectivity index (χ0) is 25.9. The quantitative estimate of drug-likeness (QED) is 0.179. The SMILES string of the molecule is COc1ccccc1NC(=O)COc1ccc(/C=N\NC(=O)C(=O)Nc2ccc([N+](=O)[O-])cc2)cc1. The van der Waals surface area contributed by atoms with E-state index in [-0.39, 0.29) is 23.9 Å². The number of amides is 3. The van der Waals surface area contributed by atoms with Crippen LogP contribution >= 0.6 is 0 Å². The van der Waals surface area contributed by atoms with Crippen molar-refractivity contribution >= 4 is 41.0 Å². The van der Waals surface area contributed by atoms with E-state index < -0.39 is 16.7 Å². The van der Waals surface area contributed by atoms with Crippen LogP contribution in [0.5, 0.6) is 11.5 Å². The van der Waals surface area contributed by atoms with Gasteiger partial charge in [-0.25, -0.2) is 5.43 Å². The van der Waals surface area contributed by atoms with Crippen LogP contribution in [0.1, 0.15) is 5.56 Å². The van der Waals surface area contributed by atoms with Crippen molar-refractivity contribution in [1.82, 2.24) is 5.43 Å². The molecule has 3 amide bonds. The number of rotatable bonds is 9. The first-order valence-corrected chi connectivity index (χ1v) is 10.4. The van der Waals surface area contributed by atoms with Crippen LogP contribution in [0.15, 0.2) is 77.9 Å². The highest BCUT2D eigenvalue weighted by atomic mass is 16.6. The van der Waals surface area contributed by atoms with Crippen molar-refractivity contribution < 1.29 is 28.8 Å². The number of anilines is 2. The monoisotopic (exact) mass is 491 g/mol. The second kappa shape index (κ2) is 12.3. The zero-order valence-electron chi connectivity index (χ0n) is 19.0. The number of benzene rings is 3. The summed E-state index contributed by atoms with van der Waals surface area (Å²) in [7, 11) is 1.51. The summed E-state index contributed by atoms with van der Waals surface area (Å²) in [4.78, 5) is 46.0. The number of para-hydroxylation sites is 2. The molecule has 0 heterocycles. The van der Waals surface area contributed by atoms with Crippen molar-refractivity contribution in [3.05, 3.63) is 88.5 Å². The van der Waals surface area contributed by atoms with E-state index in [4.69, 9.17) is 9.47 Å². The van der Waals surface area contributed by atoms with E-state index in [1.54, 1.807) is 48.5 Å². The Kier molecular flexibility index (Phi) is 8.65. The lowest BCUT2D eigenvalue weighted by Gasteiger charge is -2.10. The number of hydrazone groups is 1. The number of hydrogen-bond acceptors (Lipinski definition) is 8. The van der Waals surface area contributed by atoms with Gasteiger partial charge in [0.2, 0.25) is 0 Å². The van der Waals surface area contributed by atoms with Gasteiger partial charge in [-0.15, -0.1) is 0 Å². The summed E-state index contributed by atoms with van der Waals surface area (Å²) in [6.45, 7) is -0.217. The maximum atomic E-state index is 12.1. The second-order valence-corrected chi connectivity index (χ2v) is 7.06. The number of nitro groups is 1. The first-order chi connectivity index (χ1) is 17.4. The topological polar surface area (TPSA) is 161 Å². The minimum atomic E-state index is -1.02. The van der Waals surface area contributed by atoms with Crippen LogP contribution in [0, 0.1) is 10.1 Å². The summed E-state index contributed by atoms with van der Waals surface area (Å²) < 4.78 is 10.6. The molecule has 0 fully saturated rings. The predicted molar refractivity (Wildman–Crippen MR) is 131 cm³/mol. The molecule has 12 nitrogen and oxygen atoms in total. The Hall–Kier alpha value is -5.26. The van der Waals surface area contributed by atoms with Gasteiger partial charge >= 0.3 is 11.8 Å². The summed E-state index contributed by atoms with van der Waals surface area (Å²) in [5.74, 6) is -1.40. The lowest BCUT2D eigenvalue weighted by atomic mass is 10.2. The van der Waals surface area contributed by atoms with Crippen LogP contribution < -0.4 is 25.5 Å². The maximum absolute atomic E-state index is 12.1. The molecule has 3 rings (SSSR count). The molecule has 0 aromatic heterocycles. The van der Waals surface area contributed by atoms with Gasteiger partial charge in [-0.05, 0) is 54.1 Å². The van der Waals surface area contributed by atoms with Crippen LogP contribution in [-0.2, 0) is 14.4 Å². The molecular weight excluding hydrogens is 470 g/mol. The minimum absolute atomic E-state index is 0.144. The number of ether oxygens (including phenoxy) is 2. The molecule has 0 aliphatic rings. The molecule has 0 atom stereocenters. The first kappa shape index (κ1) is 25.4.